The lowest BCUT2D eigenvalue weighted by molar-refractivity contribution is -0.378. The zero-order chi connectivity index (χ0) is 90.4. The van der Waals surface area contributed by atoms with Gasteiger partial charge in [0.15, 0.2) is 80.7 Å². The number of hydrogen-bond donors (Lipinski definition) is 28. The van der Waals surface area contributed by atoms with Crippen LogP contribution in [-0.4, -0.2) is 479 Å². The van der Waals surface area contributed by atoms with Crippen molar-refractivity contribution in [3.05, 3.63) is 0 Å². The van der Waals surface area contributed by atoms with Crippen molar-refractivity contribution in [2.24, 2.45) is 0 Å². The predicted molar refractivity (Wildman–Crippen MR) is 345 cm³/mol. The Labute approximate surface area is 669 Å². The van der Waals surface area contributed by atoms with Crippen molar-refractivity contribution < 1.29 is 290 Å². The van der Waals surface area contributed by atoms with Gasteiger partial charge in [0, 0.05) is 0 Å². The molecule has 0 aromatic heterocycles. The minimum Gasteiger partial charge on any atom is -0.479 e. The Morgan fingerprint density at radius 1 is 0.258 bits per heavy atom. The van der Waals surface area contributed by atoms with Gasteiger partial charge in [0.2, 0.25) is 0 Å². The Hall–Kier alpha value is -4.19. The highest BCUT2D eigenvalue weighted by Gasteiger charge is 2.64. The summed E-state index contributed by atoms with van der Waals surface area (Å²) in [6, 6.07) is -8.72. The molecule has 8 heterocycles. The lowest BCUT2D eigenvalue weighted by Gasteiger charge is -2.50. The van der Waals surface area contributed by atoms with Crippen molar-refractivity contribution in [1.29, 1.82) is 0 Å². The molecule has 72 heteroatoms. The van der Waals surface area contributed by atoms with Gasteiger partial charge in [-0.25, -0.2) is 35.9 Å². The molecular weight excluding hydrogens is 1830 g/mol. The highest BCUT2D eigenvalue weighted by atomic mass is 32.3. The summed E-state index contributed by atoms with van der Waals surface area (Å²) >= 11 is 0. The van der Waals surface area contributed by atoms with Gasteiger partial charge in [-0.1, -0.05) is 0 Å². The number of aliphatic carboxylic acids is 4. The molecule has 65 nitrogen and oxygen atoms in total. The third-order valence-corrected chi connectivity index (χ3v) is 21.8. The monoisotopic (exact) mass is 1910 g/mol. The number of aliphatic hydroxyl groups excluding tert-OH is 14. The van der Waals surface area contributed by atoms with E-state index in [1.807, 2.05) is 0 Å². The first-order chi connectivity index (χ1) is 55.1. The van der Waals surface area contributed by atoms with Crippen LogP contribution in [-0.2, 0) is 179 Å². The molecular formula is C48H77N3O62S7. The molecule has 8 fully saturated rings. The van der Waals surface area contributed by atoms with Crippen LogP contribution in [0.1, 0.15) is 0 Å². The molecule has 0 radical (unpaired) electrons. The van der Waals surface area contributed by atoms with Gasteiger partial charge < -0.3 is 163 Å². The molecule has 0 saturated carbocycles. The molecule has 8 rings (SSSR count). The van der Waals surface area contributed by atoms with Crippen molar-refractivity contribution >= 4 is 96.4 Å². The van der Waals surface area contributed by atoms with E-state index < -0.39 is 369 Å². The zero-order valence-corrected chi connectivity index (χ0v) is 64.4. The molecule has 0 aromatic carbocycles. The minimum absolute atomic E-state index is 1.04. The van der Waals surface area contributed by atoms with E-state index in [1.165, 1.54) is 14.2 Å². The quantitative estimate of drug-likeness (QED) is 0.0257. The molecule has 8 saturated heterocycles. The summed E-state index contributed by atoms with van der Waals surface area (Å²) in [6.45, 7) is -7.42. The van der Waals surface area contributed by atoms with Crippen molar-refractivity contribution in [2.45, 2.75) is 239 Å². The van der Waals surface area contributed by atoms with Crippen LogP contribution in [0.15, 0.2) is 0 Å². The van der Waals surface area contributed by atoms with E-state index in [0.717, 1.165) is 0 Å². The number of ether oxygens (including phenoxy) is 15. The van der Waals surface area contributed by atoms with Gasteiger partial charge in [0.1, 0.15) is 159 Å². The van der Waals surface area contributed by atoms with Crippen LogP contribution in [0, 0.1) is 0 Å². The fourth-order valence-electron chi connectivity index (χ4n) is 13.1. The molecule has 0 amide bonds. The number of rotatable bonds is 37. The summed E-state index contributed by atoms with van der Waals surface area (Å²) in [5.74, 6) is -9.29. The van der Waals surface area contributed by atoms with Crippen molar-refractivity contribution in [3.63, 3.8) is 0 Å². The van der Waals surface area contributed by atoms with Crippen LogP contribution < -0.4 is 14.2 Å². The average molecular weight is 1910 g/mol. The van der Waals surface area contributed by atoms with Crippen molar-refractivity contribution in [2.75, 3.05) is 33.0 Å². The van der Waals surface area contributed by atoms with Crippen molar-refractivity contribution in [1.82, 2.24) is 14.2 Å². The van der Waals surface area contributed by atoms with Crippen LogP contribution in [0.2, 0.25) is 0 Å². The molecule has 39 unspecified atom stereocenters. The molecule has 8 aliphatic heterocycles. The van der Waals surface area contributed by atoms with Gasteiger partial charge in [-0.2, -0.15) is 73.1 Å². The maximum Gasteiger partial charge on any atom is 0.397 e. The Morgan fingerprint density at radius 3 is 0.833 bits per heavy atom. The van der Waals surface area contributed by atoms with Gasteiger partial charge in [0.05, 0.1) is 33.0 Å². The normalized spacial score (nSPS) is 42.9. The third-order valence-electron chi connectivity index (χ3n) is 18.2. The topological polar surface area (TPSA) is 1020 Å². The summed E-state index contributed by atoms with van der Waals surface area (Å²) in [5.41, 5.74) is 0. The summed E-state index contributed by atoms with van der Waals surface area (Å²) in [7, 11) is -41.2. The molecule has 0 bridgehead atoms. The summed E-state index contributed by atoms with van der Waals surface area (Å²) < 4.78 is 342. The Balaban J connectivity index is 1.06. The Morgan fingerprint density at radius 2 is 0.525 bits per heavy atom. The maximum atomic E-state index is 13.2. The fourth-order valence-corrected chi connectivity index (χ4v) is 16.5. The van der Waals surface area contributed by atoms with Crippen LogP contribution in [0.25, 0.3) is 0 Å². The summed E-state index contributed by atoms with van der Waals surface area (Å²) in [4.78, 5) is 51.0. The second kappa shape index (κ2) is 39.6. The fraction of sp³-hybridized carbons (Fsp3) is 0.917. The van der Waals surface area contributed by atoms with E-state index in [2.05, 4.69) is 16.7 Å². The Kier molecular flexibility index (Phi) is 33.4. The zero-order valence-electron chi connectivity index (χ0n) is 58.7. The van der Waals surface area contributed by atoms with Crippen LogP contribution in [0.5, 0.6) is 0 Å². The first-order valence-corrected chi connectivity index (χ1v) is 42.7. The van der Waals surface area contributed by atoms with E-state index in [0.29, 0.717) is 0 Å². The third kappa shape index (κ3) is 25.4. The Bertz CT molecular complexity index is 4390. The lowest BCUT2D eigenvalue weighted by Crippen LogP contribution is -2.71. The first-order valence-electron chi connectivity index (χ1n) is 32.9. The standard InChI is InChI=1S/C48H77N3O62S7/c52-1-6-14(55)27(9(97-6)4-95-117(83,84)85)101-46-22(63)20(61)29(35(109-46)39(68)69)105-42-11(49-114(74,75)76)15(56)25(7(2-53)98-42)103-47-33(112-119(89,90)91)23(64)30(36(110-47)40(70)71)106-43-12(50-115(77,78)79)16(57)26(8(3-54)99-43)104-48-34(113-120(92,93)94)24(65)31(37(111-48)41(72)73)107-44-13(51-116(80,81)82)17(58)28(10(100-44)5-96-118(86,87)88)102-45-21(62)18(59)19(60)32(108-45)38(66)67/h6-37,42-65H,1-5H2,(H,66,67)(H,68,69)(H,70,71)(H,72,73)(H,74,75,76)(H,77,78,79)(H,80,81,82)(H,83,84,85)(H,86,87,88)(H,89,90,91)(H,92,93,94). The molecule has 0 spiro atoms. The van der Waals surface area contributed by atoms with Crippen LogP contribution >= 0.6 is 0 Å². The van der Waals surface area contributed by atoms with Crippen LogP contribution in [0.4, 0.5) is 0 Å². The van der Waals surface area contributed by atoms with Gasteiger partial charge in [0.25, 0.3) is 0 Å². The first kappa shape index (κ1) is 101. The predicted octanol–water partition coefficient (Wildman–Crippen LogP) is -19.9. The number of carboxylic acids is 4. The second-order valence-corrected chi connectivity index (χ2v) is 34.1. The van der Waals surface area contributed by atoms with Crippen LogP contribution in [0.3, 0.4) is 0 Å². The number of carboxylic acid groups (broad SMARTS) is 4. The molecule has 8 aliphatic rings. The maximum absolute atomic E-state index is 13.2. The van der Waals surface area contributed by atoms with Gasteiger partial charge in [-0.05, 0) is 0 Å². The van der Waals surface area contributed by atoms with Gasteiger partial charge >= 0.3 is 96.4 Å². The second-order valence-electron chi connectivity index (χ2n) is 26.3. The molecule has 0 aliphatic carbocycles. The molecule has 0 aromatic rings. The molecule has 698 valence electrons. The largest absolute Gasteiger partial charge is 0.479 e. The van der Waals surface area contributed by atoms with E-state index in [9.17, 15) is 197 Å². The number of carbonyl (C=O) groups is 4. The van der Waals surface area contributed by atoms with E-state index in [-0.39, 0.29) is 0 Å². The molecule has 39 atom stereocenters. The smallest absolute Gasteiger partial charge is 0.397 e. The minimum atomic E-state index is -6.24. The summed E-state index contributed by atoms with van der Waals surface area (Å²) in [6.07, 6.45) is -99.4. The lowest BCUT2D eigenvalue weighted by atomic mass is 9.94. The molecule has 120 heavy (non-hydrogen) atoms. The SMILES string of the molecule is O=C(O)C1OC(OC2C(COS(=O)(=O)O)OC(OC3C(C(=O)O)OC(OC4C(CO)OC(OC5C(C(=O)O)OC(OC6C(CO)OC(OC7C(C(=O)O)OC(OC8C(COS(=O)(=O)O)OC(CO)C8O)C(O)C7O)C(NS(=O)(=O)O)C6O)C(OS(=O)(=O)O)C5O)C(NS(=O)(=O)O)C4O)C(OS(=O)(=O)O)C3O)C(NS(=O)(=O)O)C2O)C(O)C(O)C1O. The van der Waals surface area contributed by atoms with Gasteiger partial charge in [-0.3, -0.25) is 31.9 Å². The number of hydrogen-bond acceptors (Lipinski definition) is 51. The number of aliphatic hydroxyl groups is 14. The number of nitrogens with one attached hydrogen (secondary N) is 3. The van der Waals surface area contributed by atoms with E-state index >= 15 is 0 Å². The highest BCUT2D eigenvalue weighted by Crippen LogP contribution is 2.41. The van der Waals surface area contributed by atoms with Crippen molar-refractivity contribution in [3.8, 4) is 0 Å². The van der Waals surface area contributed by atoms with E-state index in [4.69, 9.17) is 75.6 Å². The van der Waals surface area contributed by atoms with Gasteiger partial charge in [-0.15, -0.1) is 0 Å². The molecule has 28 N–H and O–H groups in total. The highest BCUT2D eigenvalue weighted by molar-refractivity contribution is 7.84. The summed E-state index contributed by atoms with van der Waals surface area (Å²) in [5, 5.41) is 196. The van der Waals surface area contributed by atoms with E-state index in [1.54, 1.807) is 0 Å². The average Bonchev–Trinajstić information content (AvgIpc) is 0.985.